The van der Waals surface area contributed by atoms with Gasteiger partial charge in [0.15, 0.2) is 0 Å². The van der Waals surface area contributed by atoms with Crippen LogP contribution in [-0.2, 0) is 16.0 Å². The number of benzene rings is 2. The molecule has 0 saturated heterocycles. The van der Waals surface area contributed by atoms with Gasteiger partial charge in [-0.3, -0.25) is 19.7 Å². The number of ether oxygens (including phenoxy) is 1. The van der Waals surface area contributed by atoms with Crippen molar-refractivity contribution in [3.8, 4) is 5.75 Å². The molecular weight excluding hydrogens is 418 g/mol. The summed E-state index contributed by atoms with van der Waals surface area (Å²) in [6.07, 6.45) is 0.912. The molecule has 2 aromatic rings. The third-order valence-corrected chi connectivity index (χ3v) is 4.71. The summed E-state index contributed by atoms with van der Waals surface area (Å²) in [5.74, 6) is -0.373. The van der Waals surface area contributed by atoms with Crippen LogP contribution in [0.2, 0.25) is 0 Å². The van der Waals surface area contributed by atoms with Gasteiger partial charge < -0.3 is 15.0 Å². The maximum Gasteiger partial charge on any atom is 0.296 e. The first-order valence-electron chi connectivity index (χ1n) is 8.10. The molecule has 0 aliphatic carbocycles. The largest absolute Gasteiger partial charge is 0.496 e. The molecule has 0 bridgehead atoms. The Hall–Kier alpha value is -2.94. The van der Waals surface area contributed by atoms with E-state index >= 15 is 0 Å². The maximum absolute atomic E-state index is 12.5. The molecule has 2 aromatic carbocycles. The Morgan fingerprint density at radius 2 is 2.07 bits per heavy atom. The molecule has 1 N–H and O–H groups in total. The van der Waals surface area contributed by atoms with Gasteiger partial charge in [0.05, 0.1) is 18.1 Å². The highest BCUT2D eigenvalue weighted by Gasteiger charge is 2.27. The van der Waals surface area contributed by atoms with Crippen LogP contribution in [0, 0.1) is 10.1 Å². The van der Waals surface area contributed by atoms with E-state index in [9.17, 15) is 19.7 Å². The number of nitro benzene ring substituents is 1. The predicted octanol–water partition coefficient (Wildman–Crippen LogP) is 3.28. The average molecular weight is 434 g/mol. The number of nitrogens with zero attached hydrogens (tertiary/aromatic N) is 2. The molecule has 0 saturated carbocycles. The Kier molecular flexibility index (Phi) is 5.41. The van der Waals surface area contributed by atoms with Crippen LogP contribution in [0.25, 0.3) is 0 Å². The normalized spacial score (nSPS) is 13.1. The van der Waals surface area contributed by atoms with Gasteiger partial charge in [-0.1, -0.05) is 15.9 Å². The molecule has 0 radical (unpaired) electrons. The van der Waals surface area contributed by atoms with Crippen molar-refractivity contribution in [2.75, 3.05) is 23.9 Å². The molecule has 1 aliphatic heterocycles. The van der Waals surface area contributed by atoms with Crippen molar-refractivity contribution >= 4 is 44.8 Å². The minimum absolute atomic E-state index is 0.0475. The van der Waals surface area contributed by atoms with E-state index in [1.165, 1.54) is 30.2 Å². The number of halogens is 1. The summed E-state index contributed by atoms with van der Waals surface area (Å²) >= 11 is 3.40. The topological polar surface area (TPSA) is 102 Å². The number of hydrogen-bond acceptors (Lipinski definition) is 5. The average Bonchev–Trinajstić information content (AvgIpc) is 2.64. The highest BCUT2D eigenvalue weighted by molar-refractivity contribution is 9.10. The van der Waals surface area contributed by atoms with Gasteiger partial charge in [0.2, 0.25) is 11.8 Å². The summed E-state index contributed by atoms with van der Waals surface area (Å²) in [6, 6.07) is 9.64. The fourth-order valence-corrected chi connectivity index (χ4v) is 3.34. The van der Waals surface area contributed by atoms with E-state index in [0.29, 0.717) is 24.3 Å². The van der Waals surface area contributed by atoms with Gasteiger partial charge in [0.1, 0.15) is 18.0 Å². The molecular formula is C18H16BrN3O5. The van der Waals surface area contributed by atoms with Crippen molar-refractivity contribution in [3.63, 3.8) is 0 Å². The first-order chi connectivity index (χ1) is 12.9. The summed E-state index contributed by atoms with van der Waals surface area (Å²) < 4.78 is 5.87. The number of anilines is 2. The van der Waals surface area contributed by atoms with Crippen LogP contribution in [0.3, 0.4) is 0 Å². The molecule has 3 rings (SSSR count). The Balaban J connectivity index is 1.81. The van der Waals surface area contributed by atoms with Crippen LogP contribution in [-0.4, -0.2) is 30.4 Å². The molecule has 9 heteroatoms. The summed E-state index contributed by atoms with van der Waals surface area (Å²) in [7, 11) is 1.40. The van der Waals surface area contributed by atoms with Crippen LogP contribution in [0.4, 0.5) is 17.1 Å². The zero-order chi connectivity index (χ0) is 19.6. The number of rotatable bonds is 5. The Bertz CT molecular complexity index is 931. The SMILES string of the molecule is COc1ccc(NC(=O)CN2C(=O)CCc3cc(Br)ccc32)c([N+](=O)[O-])c1. The second kappa shape index (κ2) is 7.75. The lowest BCUT2D eigenvalue weighted by molar-refractivity contribution is -0.384. The van der Waals surface area contributed by atoms with Crippen LogP contribution >= 0.6 is 15.9 Å². The van der Waals surface area contributed by atoms with Gasteiger partial charge in [-0.15, -0.1) is 0 Å². The first kappa shape index (κ1) is 18.8. The third-order valence-electron chi connectivity index (χ3n) is 4.22. The molecule has 0 aromatic heterocycles. The monoisotopic (exact) mass is 433 g/mol. The predicted molar refractivity (Wildman–Crippen MR) is 103 cm³/mol. The van der Waals surface area contributed by atoms with Gasteiger partial charge in [0, 0.05) is 16.6 Å². The summed E-state index contributed by atoms with van der Waals surface area (Å²) in [4.78, 5) is 36.8. The van der Waals surface area contributed by atoms with Gasteiger partial charge in [-0.05, 0) is 42.3 Å². The summed E-state index contributed by atoms with van der Waals surface area (Å²) in [5.41, 5.74) is 1.41. The lowest BCUT2D eigenvalue weighted by Crippen LogP contribution is -2.40. The van der Waals surface area contributed by atoms with Gasteiger partial charge in [0.25, 0.3) is 5.69 Å². The van der Waals surface area contributed by atoms with Crippen molar-refractivity contribution in [1.82, 2.24) is 0 Å². The molecule has 1 heterocycles. The van der Waals surface area contributed by atoms with Crippen molar-refractivity contribution in [1.29, 1.82) is 0 Å². The number of fused-ring (bicyclic) bond motifs is 1. The molecule has 0 unspecified atom stereocenters. The summed E-state index contributed by atoms with van der Waals surface area (Å²) in [6.45, 7) is -0.226. The fourth-order valence-electron chi connectivity index (χ4n) is 2.93. The number of hydrogen-bond donors (Lipinski definition) is 1. The zero-order valence-electron chi connectivity index (χ0n) is 14.4. The van der Waals surface area contributed by atoms with E-state index in [0.717, 1.165) is 10.0 Å². The Morgan fingerprint density at radius 1 is 1.30 bits per heavy atom. The number of nitro groups is 1. The van der Waals surface area contributed by atoms with Crippen molar-refractivity contribution in [2.45, 2.75) is 12.8 Å². The molecule has 0 atom stereocenters. The highest BCUT2D eigenvalue weighted by Crippen LogP contribution is 2.31. The smallest absolute Gasteiger partial charge is 0.296 e. The molecule has 0 fully saturated rings. The maximum atomic E-state index is 12.5. The second-order valence-electron chi connectivity index (χ2n) is 5.94. The van der Waals surface area contributed by atoms with Gasteiger partial charge in [-0.25, -0.2) is 0 Å². The summed E-state index contributed by atoms with van der Waals surface area (Å²) in [5, 5.41) is 13.8. The van der Waals surface area contributed by atoms with Crippen LogP contribution < -0.4 is 15.0 Å². The first-order valence-corrected chi connectivity index (χ1v) is 8.89. The van der Waals surface area contributed by atoms with E-state index < -0.39 is 10.8 Å². The third kappa shape index (κ3) is 4.08. The quantitative estimate of drug-likeness (QED) is 0.575. The molecule has 2 amide bonds. The van der Waals surface area contributed by atoms with Gasteiger partial charge in [-0.2, -0.15) is 0 Å². The number of carbonyl (C=O) groups excluding carboxylic acids is 2. The zero-order valence-corrected chi connectivity index (χ0v) is 16.0. The number of methoxy groups -OCH3 is 1. The van der Waals surface area contributed by atoms with E-state index in [1.807, 2.05) is 6.07 Å². The van der Waals surface area contributed by atoms with E-state index in [2.05, 4.69) is 21.2 Å². The molecule has 8 nitrogen and oxygen atoms in total. The van der Waals surface area contributed by atoms with Crippen LogP contribution in [0.5, 0.6) is 5.75 Å². The molecule has 140 valence electrons. The Morgan fingerprint density at radius 3 is 2.78 bits per heavy atom. The number of nitrogens with one attached hydrogen (secondary N) is 1. The van der Waals surface area contributed by atoms with Crippen molar-refractivity contribution in [2.24, 2.45) is 0 Å². The second-order valence-corrected chi connectivity index (χ2v) is 6.86. The van der Waals surface area contributed by atoms with Crippen molar-refractivity contribution < 1.29 is 19.2 Å². The minimum atomic E-state index is -0.600. The number of aryl methyl sites for hydroxylation is 1. The standard InChI is InChI=1S/C18H16BrN3O5/c1-27-13-4-5-14(16(9-13)22(25)26)20-17(23)10-21-15-6-3-12(19)8-11(15)2-7-18(21)24/h3-6,8-9H,2,7,10H2,1H3,(H,20,23). The van der Waals surface area contributed by atoms with E-state index in [1.54, 1.807) is 12.1 Å². The number of amides is 2. The van der Waals surface area contributed by atoms with Crippen LogP contribution in [0.1, 0.15) is 12.0 Å². The Labute approximate surface area is 163 Å². The lowest BCUT2D eigenvalue weighted by atomic mass is 10.0. The minimum Gasteiger partial charge on any atom is -0.496 e. The van der Waals surface area contributed by atoms with Crippen molar-refractivity contribution in [3.05, 3.63) is 56.5 Å². The molecule has 27 heavy (non-hydrogen) atoms. The number of carbonyl (C=O) groups is 2. The van der Waals surface area contributed by atoms with Gasteiger partial charge >= 0.3 is 0 Å². The van der Waals surface area contributed by atoms with E-state index in [-0.39, 0.29) is 23.8 Å². The van der Waals surface area contributed by atoms with Crippen LogP contribution in [0.15, 0.2) is 40.9 Å². The van der Waals surface area contributed by atoms with E-state index in [4.69, 9.17) is 4.74 Å². The highest BCUT2D eigenvalue weighted by atomic mass is 79.9. The molecule has 1 aliphatic rings. The molecule has 0 spiro atoms. The lowest BCUT2D eigenvalue weighted by Gasteiger charge is -2.29. The fraction of sp³-hybridized carbons (Fsp3) is 0.222.